The Kier molecular flexibility index (Phi) is 16.5. The molecule has 1 aliphatic heterocycles. The molecule has 304 valence electrons. The molecule has 54 heavy (non-hydrogen) atoms. The summed E-state index contributed by atoms with van der Waals surface area (Å²) in [6, 6.07) is 4.31. The summed E-state index contributed by atoms with van der Waals surface area (Å²) in [5.41, 5.74) is 1.85. The predicted octanol–water partition coefficient (Wildman–Crippen LogP) is 3.41. The molecule has 0 aromatic heterocycles. The van der Waals surface area contributed by atoms with Gasteiger partial charge in [-0.3, -0.25) is 19.2 Å². The van der Waals surface area contributed by atoms with Crippen molar-refractivity contribution in [2.24, 2.45) is 29.6 Å². The van der Waals surface area contributed by atoms with Crippen LogP contribution in [0.2, 0.25) is 0 Å². The summed E-state index contributed by atoms with van der Waals surface area (Å²) >= 11 is 0. The lowest BCUT2D eigenvalue weighted by atomic mass is 9.89. The number of hydrogen-bond donors (Lipinski definition) is 4. The highest BCUT2D eigenvalue weighted by atomic mass is 16.5. The van der Waals surface area contributed by atoms with Crippen LogP contribution in [0.5, 0.6) is 0 Å². The fraction of sp³-hybridized carbons (Fsp3) is 0.732. The van der Waals surface area contributed by atoms with E-state index in [1.807, 2.05) is 77.6 Å². The number of aliphatic carboxylic acids is 1. The zero-order valence-corrected chi connectivity index (χ0v) is 34.5. The molecule has 1 aromatic carbocycles. The van der Waals surface area contributed by atoms with Crippen molar-refractivity contribution in [3.63, 3.8) is 0 Å². The molecule has 11 atom stereocenters. The van der Waals surface area contributed by atoms with E-state index in [2.05, 4.69) is 16.0 Å². The third-order valence-corrected chi connectivity index (χ3v) is 11.7. The lowest BCUT2D eigenvalue weighted by Crippen LogP contribution is -2.59. The van der Waals surface area contributed by atoms with Crippen molar-refractivity contribution >= 4 is 29.6 Å². The Labute approximate surface area is 322 Å². The zero-order chi connectivity index (χ0) is 40.6. The normalized spacial score (nSPS) is 22.3. The average Bonchev–Trinajstić information content (AvgIpc) is 3.78. The van der Waals surface area contributed by atoms with Crippen LogP contribution in [-0.2, 0) is 39.9 Å². The number of aryl methyl sites for hydroxylation is 1. The van der Waals surface area contributed by atoms with Gasteiger partial charge in [0.25, 0.3) is 0 Å². The van der Waals surface area contributed by atoms with Gasteiger partial charge in [-0.2, -0.15) is 0 Å². The molecule has 1 aliphatic carbocycles. The van der Waals surface area contributed by atoms with Crippen LogP contribution in [0.3, 0.4) is 0 Å². The van der Waals surface area contributed by atoms with Crippen molar-refractivity contribution < 1.29 is 38.6 Å². The van der Waals surface area contributed by atoms with E-state index < -0.39 is 60.2 Å². The van der Waals surface area contributed by atoms with Crippen molar-refractivity contribution in [1.82, 2.24) is 25.8 Å². The van der Waals surface area contributed by atoms with Crippen LogP contribution in [0.25, 0.3) is 0 Å². The van der Waals surface area contributed by atoms with Gasteiger partial charge in [0.15, 0.2) is 0 Å². The van der Waals surface area contributed by atoms with Crippen LogP contribution in [0.15, 0.2) is 24.3 Å². The first kappa shape index (κ1) is 44.8. The van der Waals surface area contributed by atoms with Crippen LogP contribution < -0.4 is 16.0 Å². The minimum Gasteiger partial charge on any atom is -0.480 e. The van der Waals surface area contributed by atoms with E-state index in [0.29, 0.717) is 12.3 Å². The van der Waals surface area contributed by atoms with Gasteiger partial charge >= 0.3 is 5.97 Å². The third kappa shape index (κ3) is 10.8. The van der Waals surface area contributed by atoms with Crippen molar-refractivity contribution in [2.75, 3.05) is 28.3 Å². The summed E-state index contributed by atoms with van der Waals surface area (Å²) in [5, 5.41) is 18.7. The fourth-order valence-electron chi connectivity index (χ4n) is 8.21. The Bertz CT molecular complexity index is 1440. The average molecular weight is 758 g/mol. The number of nitrogens with one attached hydrogen (secondary N) is 3. The number of hydrogen-bond acceptors (Lipinski definition) is 8. The second kappa shape index (κ2) is 19.9. The van der Waals surface area contributed by atoms with Gasteiger partial charge in [0, 0.05) is 33.7 Å². The highest BCUT2D eigenvalue weighted by molar-refractivity contribution is 5.90. The summed E-state index contributed by atoms with van der Waals surface area (Å²) in [5.74, 6) is -2.89. The Morgan fingerprint density at radius 2 is 1.52 bits per heavy atom. The lowest BCUT2D eigenvalue weighted by molar-refractivity contribution is -0.149. The molecule has 1 saturated heterocycles. The molecular formula is C41H67N5O8. The number of likely N-dealkylation sites (N-methyl/N-ethyl adjacent to an activating group) is 2. The van der Waals surface area contributed by atoms with Gasteiger partial charge in [0.05, 0.1) is 42.7 Å². The number of carbonyl (C=O) groups is 5. The largest absolute Gasteiger partial charge is 0.480 e. The molecule has 13 heteroatoms. The van der Waals surface area contributed by atoms with Gasteiger partial charge in [-0.15, -0.1) is 0 Å². The van der Waals surface area contributed by atoms with Crippen LogP contribution in [0.4, 0.5) is 0 Å². The fourth-order valence-corrected chi connectivity index (χ4v) is 8.21. The number of methoxy groups -OCH3 is 2. The highest BCUT2D eigenvalue weighted by Gasteiger charge is 2.57. The Balaban J connectivity index is 1.80. The van der Waals surface area contributed by atoms with Crippen molar-refractivity contribution in [2.45, 2.75) is 136 Å². The Hall–Kier alpha value is -3.55. The third-order valence-electron chi connectivity index (χ3n) is 11.7. The van der Waals surface area contributed by atoms with E-state index in [-0.39, 0.29) is 54.4 Å². The van der Waals surface area contributed by atoms with Crippen LogP contribution in [0, 0.1) is 36.5 Å². The molecular weight excluding hydrogens is 690 g/mol. The number of ether oxygens (including phenoxy) is 2. The number of carbonyl (C=O) groups excluding carboxylic acids is 4. The number of carboxylic acid groups (broad SMARTS) is 1. The number of rotatable bonds is 21. The summed E-state index contributed by atoms with van der Waals surface area (Å²) in [4.78, 5) is 71.1. The molecule has 13 nitrogen and oxygen atoms in total. The quantitative estimate of drug-likeness (QED) is 0.147. The number of amides is 4. The van der Waals surface area contributed by atoms with Crippen molar-refractivity contribution in [3.8, 4) is 0 Å². The van der Waals surface area contributed by atoms with E-state index in [0.717, 1.165) is 24.0 Å². The summed E-state index contributed by atoms with van der Waals surface area (Å²) in [6.07, 6.45) is 1.07. The minimum absolute atomic E-state index is 0.00534. The van der Waals surface area contributed by atoms with E-state index >= 15 is 0 Å². The molecule has 1 aromatic rings. The Morgan fingerprint density at radius 3 is 2.02 bits per heavy atom. The second-order valence-corrected chi connectivity index (χ2v) is 16.3. The molecule has 4 amide bonds. The SMILES string of the molecule is CC[C@H](C)C(C(CC(=O)N1[C@H](C(OC)[C@@H](C)C(=O)N[C@@H](Cc2ccc(C)cc2)C(=O)O)C[C@@H]2C[C@@H]21)OC)N(C)C(=O)[C@@H](NC(=O)[C@@H](NC)C(C)C)C(C)C. The van der Waals surface area contributed by atoms with Crippen LogP contribution in [-0.4, -0.2) is 121 Å². The maximum atomic E-state index is 14.4. The summed E-state index contributed by atoms with van der Waals surface area (Å²) < 4.78 is 12.0. The van der Waals surface area contributed by atoms with Gasteiger partial charge < -0.3 is 40.3 Å². The molecule has 4 N–H and O–H groups in total. The van der Waals surface area contributed by atoms with Crippen molar-refractivity contribution in [3.05, 3.63) is 35.4 Å². The van der Waals surface area contributed by atoms with Gasteiger partial charge in [0.2, 0.25) is 23.6 Å². The first-order valence-corrected chi connectivity index (χ1v) is 19.6. The minimum atomic E-state index is -1.13. The lowest BCUT2D eigenvalue weighted by Gasteiger charge is -2.41. The van der Waals surface area contributed by atoms with Crippen LogP contribution in [0.1, 0.15) is 85.3 Å². The summed E-state index contributed by atoms with van der Waals surface area (Å²) in [6.45, 7) is 15.4. The number of nitrogens with zero attached hydrogens (tertiary/aromatic N) is 2. The number of carboxylic acids is 1. The highest BCUT2D eigenvalue weighted by Crippen LogP contribution is 2.50. The molecule has 0 bridgehead atoms. The van der Waals surface area contributed by atoms with E-state index in [9.17, 15) is 29.1 Å². The number of benzene rings is 1. The summed E-state index contributed by atoms with van der Waals surface area (Å²) in [7, 11) is 6.51. The predicted molar refractivity (Wildman–Crippen MR) is 207 cm³/mol. The topological polar surface area (TPSA) is 167 Å². The molecule has 2 aliphatic rings. The molecule has 3 unspecified atom stereocenters. The molecule has 0 spiro atoms. The molecule has 3 rings (SSSR count). The molecule has 2 fully saturated rings. The van der Waals surface area contributed by atoms with E-state index in [1.165, 1.54) is 7.11 Å². The monoisotopic (exact) mass is 757 g/mol. The number of fused-ring (bicyclic) bond motifs is 1. The maximum absolute atomic E-state index is 14.4. The van der Waals surface area contributed by atoms with E-state index in [4.69, 9.17) is 9.47 Å². The first-order chi connectivity index (χ1) is 25.4. The van der Waals surface area contributed by atoms with Gasteiger partial charge in [-0.1, -0.05) is 84.7 Å². The smallest absolute Gasteiger partial charge is 0.326 e. The standard InChI is InChI=1S/C41H67N5O8/c1-13-25(7)36(45(10)40(50)35(23(4)5)44-39(49)34(42-9)22(2)3)32(53-11)21-33(47)46-30-19-28(30)20-31(46)37(54-12)26(8)38(48)43-29(41(51)52)18-27-16-14-24(6)15-17-27/h14-17,22-23,25-26,28-32,34-37,42H,13,18-21H2,1-12H3,(H,43,48)(H,44,49)(H,51,52)/t25-,26+,28-,29-,30-,31-,32?,34-,35-,36?,37?/m0/s1. The first-order valence-electron chi connectivity index (χ1n) is 19.6. The Morgan fingerprint density at radius 1 is 0.907 bits per heavy atom. The molecule has 0 radical (unpaired) electrons. The maximum Gasteiger partial charge on any atom is 0.326 e. The second-order valence-electron chi connectivity index (χ2n) is 16.3. The van der Waals surface area contributed by atoms with Gasteiger partial charge in [-0.05, 0) is 56.0 Å². The molecule has 1 heterocycles. The van der Waals surface area contributed by atoms with Crippen molar-refractivity contribution in [1.29, 1.82) is 0 Å². The number of likely N-dealkylation sites (tertiary alicyclic amines) is 1. The van der Waals surface area contributed by atoms with Gasteiger partial charge in [-0.25, -0.2) is 4.79 Å². The van der Waals surface area contributed by atoms with Gasteiger partial charge in [0.1, 0.15) is 12.1 Å². The van der Waals surface area contributed by atoms with E-state index in [1.54, 1.807) is 33.0 Å². The van der Waals surface area contributed by atoms with Crippen LogP contribution >= 0.6 is 0 Å². The molecule has 1 saturated carbocycles. The zero-order valence-electron chi connectivity index (χ0n) is 34.5. The number of piperidine rings is 1.